The molecule has 2 N–H and O–H groups in total. The van der Waals surface area contributed by atoms with E-state index in [2.05, 4.69) is 0 Å². The number of benzene rings is 2. The maximum atomic E-state index is 12.2. The largest absolute Gasteiger partial charge is 0.399 e. The third kappa shape index (κ3) is 3.84. The maximum Gasteiger partial charge on any atom is 0.254 e. The molecule has 0 spiro atoms. The Morgan fingerprint density at radius 3 is 2.48 bits per heavy atom. The van der Waals surface area contributed by atoms with E-state index in [1.807, 2.05) is 0 Å². The Bertz CT molecular complexity index is 689. The predicted molar refractivity (Wildman–Crippen MR) is 89.5 cm³/mol. The summed E-state index contributed by atoms with van der Waals surface area (Å²) in [4.78, 5) is 15.3. The number of nitrogen functional groups attached to an aromatic ring is 1. The first kappa shape index (κ1) is 16.0. The van der Waals surface area contributed by atoms with E-state index in [4.69, 9.17) is 28.9 Å². The fraction of sp³-hybridized carbons (Fsp3) is 0.133. The quantitative estimate of drug-likeness (QED) is 0.840. The lowest BCUT2D eigenvalue weighted by Crippen LogP contribution is -2.22. The second-order valence-corrected chi connectivity index (χ2v) is 6.56. The Morgan fingerprint density at radius 2 is 1.81 bits per heavy atom. The molecule has 1 amide bonds. The summed E-state index contributed by atoms with van der Waals surface area (Å²) in [6, 6.07) is 10.4. The molecule has 0 aliphatic carbocycles. The standard InChI is InChI=1S/C15H14Cl2N2OS/c1-19(2)15(20)11-5-4-10(18)8-13(11)21-14-7-9(16)3-6-12(14)17/h3-8H,18H2,1-2H3. The predicted octanol–water partition coefficient (Wildman–Crippen LogP) is 4.43. The van der Waals surface area contributed by atoms with E-state index in [0.29, 0.717) is 21.3 Å². The summed E-state index contributed by atoms with van der Waals surface area (Å²) in [5.41, 5.74) is 7.00. The van der Waals surface area contributed by atoms with Gasteiger partial charge in [0.2, 0.25) is 0 Å². The second kappa shape index (κ2) is 6.60. The van der Waals surface area contributed by atoms with Crippen LogP contribution >= 0.6 is 35.0 Å². The van der Waals surface area contributed by atoms with Crippen LogP contribution in [0.15, 0.2) is 46.2 Å². The highest BCUT2D eigenvalue weighted by atomic mass is 35.5. The van der Waals surface area contributed by atoms with Crippen LogP contribution in [0, 0.1) is 0 Å². The number of amides is 1. The molecule has 3 nitrogen and oxygen atoms in total. The molecule has 0 fully saturated rings. The molecule has 0 bridgehead atoms. The highest BCUT2D eigenvalue weighted by Gasteiger charge is 2.15. The van der Waals surface area contributed by atoms with Crippen LogP contribution in [-0.2, 0) is 0 Å². The average molecular weight is 341 g/mol. The average Bonchev–Trinajstić information content (AvgIpc) is 2.42. The zero-order valence-corrected chi connectivity index (χ0v) is 13.9. The zero-order chi connectivity index (χ0) is 15.6. The van der Waals surface area contributed by atoms with Gasteiger partial charge in [-0.3, -0.25) is 4.79 Å². The van der Waals surface area contributed by atoms with Crippen molar-refractivity contribution in [2.75, 3.05) is 19.8 Å². The highest BCUT2D eigenvalue weighted by Crippen LogP contribution is 2.37. The second-order valence-electron chi connectivity index (χ2n) is 4.63. The Morgan fingerprint density at radius 1 is 1.10 bits per heavy atom. The Balaban J connectivity index is 2.45. The molecule has 0 heterocycles. The van der Waals surface area contributed by atoms with Gasteiger partial charge in [0, 0.05) is 34.6 Å². The van der Waals surface area contributed by atoms with Gasteiger partial charge in [0.1, 0.15) is 0 Å². The Hall–Kier alpha value is -1.36. The number of halogens is 2. The van der Waals surface area contributed by atoms with Crippen LogP contribution in [0.3, 0.4) is 0 Å². The van der Waals surface area contributed by atoms with Crippen LogP contribution in [0.4, 0.5) is 5.69 Å². The van der Waals surface area contributed by atoms with Crippen LogP contribution in [0.1, 0.15) is 10.4 Å². The van der Waals surface area contributed by atoms with Gasteiger partial charge >= 0.3 is 0 Å². The number of hydrogen-bond acceptors (Lipinski definition) is 3. The molecule has 0 atom stereocenters. The molecule has 2 aromatic rings. The minimum atomic E-state index is -0.0874. The van der Waals surface area contributed by atoms with Gasteiger partial charge in [-0.1, -0.05) is 35.0 Å². The minimum absolute atomic E-state index is 0.0874. The molecule has 2 aromatic carbocycles. The van der Waals surface area contributed by atoms with Crippen LogP contribution in [0.2, 0.25) is 10.0 Å². The number of rotatable bonds is 3. The van der Waals surface area contributed by atoms with E-state index < -0.39 is 0 Å². The van der Waals surface area contributed by atoms with Crippen LogP contribution < -0.4 is 5.73 Å². The van der Waals surface area contributed by atoms with Gasteiger partial charge in [-0.2, -0.15) is 0 Å². The molecule has 2 rings (SSSR count). The molecular weight excluding hydrogens is 327 g/mol. The first-order valence-electron chi connectivity index (χ1n) is 6.12. The van der Waals surface area contributed by atoms with Crippen molar-refractivity contribution >= 4 is 46.6 Å². The number of carbonyl (C=O) groups excluding carboxylic acids is 1. The van der Waals surface area contributed by atoms with Crippen molar-refractivity contribution in [3.05, 3.63) is 52.0 Å². The summed E-state index contributed by atoms with van der Waals surface area (Å²) < 4.78 is 0. The molecule has 6 heteroatoms. The minimum Gasteiger partial charge on any atom is -0.399 e. The van der Waals surface area contributed by atoms with Crippen molar-refractivity contribution in [1.29, 1.82) is 0 Å². The molecular formula is C15H14Cl2N2OS. The van der Waals surface area contributed by atoms with Crippen molar-refractivity contribution in [1.82, 2.24) is 4.90 Å². The summed E-state index contributed by atoms with van der Waals surface area (Å²) >= 11 is 13.5. The van der Waals surface area contributed by atoms with Crippen molar-refractivity contribution in [2.24, 2.45) is 0 Å². The zero-order valence-electron chi connectivity index (χ0n) is 11.6. The van der Waals surface area contributed by atoms with Gasteiger partial charge in [0.05, 0.1) is 10.6 Å². The van der Waals surface area contributed by atoms with Gasteiger partial charge in [-0.15, -0.1) is 0 Å². The monoisotopic (exact) mass is 340 g/mol. The van der Waals surface area contributed by atoms with Gasteiger partial charge in [-0.05, 0) is 36.4 Å². The maximum absolute atomic E-state index is 12.2. The van der Waals surface area contributed by atoms with Crippen LogP contribution in [0.25, 0.3) is 0 Å². The summed E-state index contributed by atoms with van der Waals surface area (Å²) in [7, 11) is 3.42. The fourth-order valence-corrected chi connectivity index (χ4v) is 3.23. The molecule has 21 heavy (non-hydrogen) atoms. The van der Waals surface area contributed by atoms with Crippen molar-refractivity contribution in [3.63, 3.8) is 0 Å². The highest BCUT2D eigenvalue weighted by molar-refractivity contribution is 7.99. The Kier molecular flexibility index (Phi) is 5.04. The van der Waals surface area contributed by atoms with Crippen molar-refractivity contribution in [2.45, 2.75) is 9.79 Å². The van der Waals surface area contributed by atoms with Gasteiger partial charge in [-0.25, -0.2) is 0 Å². The number of nitrogens with zero attached hydrogens (tertiary/aromatic N) is 1. The van der Waals surface area contributed by atoms with Gasteiger partial charge in [0.15, 0.2) is 0 Å². The van der Waals surface area contributed by atoms with E-state index in [0.717, 1.165) is 9.79 Å². The third-order valence-corrected chi connectivity index (χ3v) is 4.55. The Labute approximate surface area is 138 Å². The lowest BCUT2D eigenvalue weighted by atomic mass is 10.2. The van der Waals surface area contributed by atoms with Crippen molar-refractivity contribution < 1.29 is 4.79 Å². The first-order chi connectivity index (χ1) is 9.88. The molecule has 0 aromatic heterocycles. The molecule has 0 aliphatic heterocycles. The van der Waals surface area contributed by atoms with E-state index in [-0.39, 0.29) is 5.91 Å². The summed E-state index contributed by atoms with van der Waals surface area (Å²) in [6.07, 6.45) is 0. The van der Waals surface area contributed by atoms with Crippen LogP contribution in [0.5, 0.6) is 0 Å². The first-order valence-corrected chi connectivity index (χ1v) is 7.70. The van der Waals surface area contributed by atoms with Gasteiger partial charge < -0.3 is 10.6 Å². The number of nitrogens with two attached hydrogens (primary N) is 1. The smallest absolute Gasteiger partial charge is 0.254 e. The lowest BCUT2D eigenvalue weighted by Gasteiger charge is -2.15. The van der Waals surface area contributed by atoms with E-state index in [9.17, 15) is 4.79 Å². The topological polar surface area (TPSA) is 46.3 Å². The lowest BCUT2D eigenvalue weighted by molar-refractivity contribution is 0.0824. The summed E-state index contributed by atoms with van der Waals surface area (Å²) in [6.45, 7) is 0. The normalized spacial score (nSPS) is 10.5. The SMILES string of the molecule is CN(C)C(=O)c1ccc(N)cc1Sc1cc(Cl)ccc1Cl. The molecule has 0 aliphatic rings. The van der Waals surface area contributed by atoms with E-state index in [1.165, 1.54) is 16.7 Å². The number of carbonyl (C=O) groups is 1. The molecule has 0 radical (unpaired) electrons. The summed E-state index contributed by atoms with van der Waals surface area (Å²) in [5.74, 6) is -0.0874. The van der Waals surface area contributed by atoms with Crippen molar-refractivity contribution in [3.8, 4) is 0 Å². The fourth-order valence-electron chi connectivity index (χ4n) is 1.71. The molecule has 110 valence electrons. The summed E-state index contributed by atoms with van der Waals surface area (Å²) in [5, 5.41) is 1.17. The van der Waals surface area contributed by atoms with Gasteiger partial charge in [0.25, 0.3) is 5.91 Å². The molecule has 0 unspecified atom stereocenters. The molecule has 0 saturated carbocycles. The number of anilines is 1. The third-order valence-electron chi connectivity index (χ3n) is 2.76. The van der Waals surface area contributed by atoms with E-state index >= 15 is 0 Å². The molecule has 0 saturated heterocycles. The van der Waals surface area contributed by atoms with E-state index in [1.54, 1.807) is 50.5 Å². The number of hydrogen-bond donors (Lipinski definition) is 1. The van der Waals surface area contributed by atoms with Crippen LogP contribution in [-0.4, -0.2) is 24.9 Å².